The highest BCUT2D eigenvalue weighted by molar-refractivity contribution is 8.00. The molecule has 4 heteroatoms. The van der Waals surface area contributed by atoms with Crippen LogP contribution in [0.25, 0.3) is 0 Å². The van der Waals surface area contributed by atoms with Crippen molar-refractivity contribution in [1.82, 2.24) is 0 Å². The van der Waals surface area contributed by atoms with Gasteiger partial charge in [0.15, 0.2) is 0 Å². The van der Waals surface area contributed by atoms with Crippen molar-refractivity contribution in [1.29, 1.82) is 0 Å². The van der Waals surface area contributed by atoms with E-state index in [0.29, 0.717) is 12.5 Å². The lowest BCUT2D eigenvalue weighted by atomic mass is 10.2. The van der Waals surface area contributed by atoms with E-state index in [9.17, 15) is 4.79 Å². The molecule has 0 aliphatic heterocycles. The van der Waals surface area contributed by atoms with Crippen LogP contribution in [0.15, 0.2) is 0 Å². The molecule has 0 aliphatic rings. The molecular weight excluding hydrogens is 186 g/mol. The molecule has 0 saturated heterocycles. The molecule has 0 fully saturated rings. The number of aliphatic carboxylic acids is 1. The number of carbonyl (C=O) groups is 1. The van der Waals surface area contributed by atoms with Gasteiger partial charge in [0, 0.05) is 0 Å². The zero-order chi connectivity index (χ0) is 10.3. The summed E-state index contributed by atoms with van der Waals surface area (Å²) in [6.45, 7) is 4.67. The minimum absolute atomic E-state index is 0.251. The first-order valence-corrected chi connectivity index (χ1v) is 5.71. The summed E-state index contributed by atoms with van der Waals surface area (Å²) in [6, 6.07) is 0. The third-order valence-corrected chi connectivity index (χ3v) is 3.41. The van der Waals surface area contributed by atoms with Gasteiger partial charge < -0.3 is 10.8 Å². The van der Waals surface area contributed by atoms with Crippen LogP contribution in [0, 0.1) is 5.92 Å². The number of carboxylic acids is 1. The molecule has 2 atom stereocenters. The summed E-state index contributed by atoms with van der Waals surface area (Å²) in [7, 11) is 0. The highest BCUT2D eigenvalue weighted by Gasteiger charge is 2.17. The van der Waals surface area contributed by atoms with E-state index in [2.05, 4.69) is 0 Å². The van der Waals surface area contributed by atoms with Crippen LogP contribution in [0.1, 0.15) is 26.7 Å². The number of rotatable bonds is 7. The molecule has 0 saturated carbocycles. The fraction of sp³-hybridized carbons (Fsp3) is 0.889. The molecule has 0 aliphatic carbocycles. The molecule has 0 amide bonds. The van der Waals surface area contributed by atoms with Gasteiger partial charge in [0.1, 0.15) is 5.25 Å². The highest BCUT2D eigenvalue weighted by Crippen LogP contribution is 2.19. The first-order chi connectivity index (χ1) is 6.11. The molecule has 3 nitrogen and oxygen atoms in total. The second-order valence-corrected chi connectivity index (χ2v) is 4.53. The Hall–Kier alpha value is -0.220. The first kappa shape index (κ1) is 12.8. The molecule has 78 valence electrons. The Morgan fingerprint density at radius 1 is 1.62 bits per heavy atom. The topological polar surface area (TPSA) is 63.3 Å². The maximum Gasteiger partial charge on any atom is 0.316 e. The quantitative estimate of drug-likeness (QED) is 0.662. The second kappa shape index (κ2) is 7.21. The van der Waals surface area contributed by atoms with Gasteiger partial charge in [-0.2, -0.15) is 0 Å². The zero-order valence-corrected chi connectivity index (χ0v) is 9.14. The van der Waals surface area contributed by atoms with E-state index in [4.69, 9.17) is 10.8 Å². The Balaban J connectivity index is 3.75. The van der Waals surface area contributed by atoms with Gasteiger partial charge in [-0.25, -0.2) is 0 Å². The van der Waals surface area contributed by atoms with Crippen LogP contribution in [0.5, 0.6) is 0 Å². The van der Waals surface area contributed by atoms with Crippen molar-refractivity contribution < 1.29 is 9.90 Å². The van der Waals surface area contributed by atoms with Crippen molar-refractivity contribution in [2.45, 2.75) is 31.9 Å². The third kappa shape index (κ3) is 5.93. The summed E-state index contributed by atoms with van der Waals surface area (Å²) in [5.74, 6) is 0.549. The predicted octanol–water partition coefficient (Wildman–Crippen LogP) is 1.57. The van der Waals surface area contributed by atoms with Gasteiger partial charge >= 0.3 is 5.97 Å². The lowest BCUT2D eigenvalue weighted by Crippen LogP contribution is -2.20. The average Bonchev–Trinajstić information content (AvgIpc) is 2.11. The van der Waals surface area contributed by atoms with E-state index in [-0.39, 0.29) is 5.25 Å². The molecule has 0 radical (unpaired) electrons. The number of nitrogens with two attached hydrogens (primary N) is 1. The van der Waals surface area contributed by atoms with Gasteiger partial charge in [0.25, 0.3) is 0 Å². The standard InChI is InChI=1S/C9H19NO2S/c1-3-4-8(9(11)12)13-6-7(2)5-10/h7-8H,3-6,10H2,1-2H3,(H,11,12). The Bertz CT molecular complexity index is 153. The van der Waals surface area contributed by atoms with Gasteiger partial charge in [-0.15, -0.1) is 11.8 Å². The smallest absolute Gasteiger partial charge is 0.316 e. The van der Waals surface area contributed by atoms with Crippen LogP contribution in [0.2, 0.25) is 0 Å². The van der Waals surface area contributed by atoms with Gasteiger partial charge in [-0.1, -0.05) is 20.3 Å². The maximum absolute atomic E-state index is 10.7. The first-order valence-electron chi connectivity index (χ1n) is 4.66. The lowest BCUT2D eigenvalue weighted by Gasteiger charge is -2.13. The second-order valence-electron chi connectivity index (χ2n) is 3.29. The summed E-state index contributed by atoms with van der Waals surface area (Å²) in [5.41, 5.74) is 5.45. The molecule has 3 N–H and O–H groups in total. The third-order valence-electron chi connectivity index (χ3n) is 1.81. The van der Waals surface area contributed by atoms with Crippen LogP contribution >= 0.6 is 11.8 Å². The van der Waals surface area contributed by atoms with Crippen LogP contribution in [-0.2, 0) is 4.79 Å². The summed E-state index contributed by atoms with van der Waals surface area (Å²) >= 11 is 1.51. The molecular formula is C9H19NO2S. The largest absolute Gasteiger partial charge is 0.480 e. The van der Waals surface area contributed by atoms with Gasteiger partial charge in [0.2, 0.25) is 0 Å². The Morgan fingerprint density at radius 3 is 2.62 bits per heavy atom. The van der Waals surface area contributed by atoms with Crippen molar-refractivity contribution in [3.8, 4) is 0 Å². The Morgan fingerprint density at radius 2 is 2.23 bits per heavy atom. The summed E-state index contributed by atoms with van der Waals surface area (Å²) in [5, 5.41) is 8.59. The minimum Gasteiger partial charge on any atom is -0.480 e. The number of hydrogen-bond donors (Lipinski definition) is 2. The highest BCUT2D eigenvalue weighted by atomic mass is 32.2. The normalized spacial score (nSPS) is 15.3. The van der Waals surface area contributed by atoms with Crippen LogP contribution in [0.4, 0.5) is 0 Å². The fourth-order valence-electron chi connectivity index (χ4n) is 0.889. The molecule has 0 aromatic carbocycles. The number of carboxylic acid groups (broad SMARTS) is 1. The van der Waals surface area contributed by atoms with Crippen LogP contribution < -0.4 is 5.73 Å². The van der Waals surface area contributed by atoms with Crippen LogP contribution in [0.3, 0.4) is 0 Å². The predicted molar refractivity (Wildman–Crippen MR) is 57.0 cm³/mol. The van der Waals surface area contributed by atoms with E-state index in [1.54, 1.807) is 0 Å². The average molecular weight is 205 g/mol. The lowest BCUT2D eigenvalue weighted by molar-refractivity contribution is -0.136. The van der Waals surface area contributed by atoms with Crippen molar-refractivity contribution in [3.63, 3.8) is 0 Å². The SMILES string of the molecule is CCCC(SCC(C)CN)C(=O)O. The minimum atomic E-state index is -0.698. The molecule has 0 aromatic rings. The Kier molecular flexibility index (Phi) is 7.09. The molecule has 13 heavy (non-hydrogen) atoms. The van der Waals surface area contributed by atoms with E-state index in [1.165, 1.54) is 11.8 Å². The monoisotopic (exact) mass is 205 g/mol. The maximum atomic E-state index is 10.7. The molecule has 0 rings (SSSR count). The van der Waals surface area contributed by atoms with Crippen molar-refractivity contribution >= 4 is 17.7 Å². The van der Waals surface area contributed by atoms with Crippen LogP contribution in [-0.4, -0.2) is 28.6 Å². The molecule has 0 aromatic heterocycles. The van der Waals surface area contributed by atoms with Crippen molar-refractivity contribution in [2.75, 3.05) is 12.3 Å². The molecule has 0 spiro atoms. The molecule has 0 heterocycles. The van der Waals surface area contributed by atoms with E-state index in [1.807, 2.05) is 13.8 Å². The van der Waals surface area contributed by atoms with Gasteiger partial charge in [-0.05, 0) is 24.6 Å². The van der Waals surface area contributed by atoms with Gasteiger partial charge in [0.05, 0.1) is 0 Å². The van der Waals surface area contributed by atoms with Crippen molar-refractivity contribution in [2.24, 2.45) is 11.7 Å². The number of hydrogen-bond acceptors (Lipinski definition) is 3. The van der Waals surface area contributed by atoms with E-state index < -0.39 is 5.97 Å². The summed E-state index contributed by atoms with van der Waals surface area (Å²) < 4.78 is 0. The fourth-order valence-corrected chi connectivity index (χ4v) is 2.13. The molecule has 2 unspecified atom stereocenters. The Labute approximate surface area is 84.1 Å². The summed E-state index contributed by atoms with van der Waals surface area (Å²) in [6.07, 6.45) is 1.66. The number of thioether (sulfide) groups is 1. The van der Waals surface area contributed by atoms with E-state index in [0.717, 1.165) is 18.6 Å². The molecule has 0 bridgehead atoms. The van der Waals surface area contributed by atoms with Gasteiger partial charge in [-0.3, -0.25) is 4.79 Å². The summed E-state index contributed by atoms with van der Waals surface area (Å²) in [4.78, 5) is 10.7. The van der Waals surface area contributed by atoms with Crippen molar-refractivity contribution in [3.05, 3.63) is 0 Å². The van der Waals surface area contributed by atoms with E-state index >= 15 is 0 Å². The zero-order valence-electron chi connectivity index (χ0n) is 8.32.